The number of esters is 1. The zero-order chi connectivity index (χ0) is 32.2. The first kappa shape index (κ1) is 31.3. The van der Waals surface area contributed by atoms with Gasteiger partial charge in [0, 0.05) is 21.2 Å². The van der Waals surface area contributed by atoms with Crippen molar-refractivity contribution in [1.29, 1.82) is 0 Å². The second-order valence-electron chi connectivity index (χ2n) is 10.2. The molecule has 3 heterocycles. The number of carbonyl (C=O) groups excluding carboxylic acids is 3. The van der Waals surface area contributed by atoms with Gasteiger partial charge in [-0.15, -0.1) is 23.1 Å². The number of oxime groups is 1. The number of thiazole rings is 1. The monoisotopic (exact) mass is 719 g/mol. The number of hydrogen-bond donors (Lipinski definition) is 3. The van der Waals surface area contributed by atoms with Crippen LogP contribution < -0.4 is 15.8 Å². The van der Waals surface area contributed by atoms with Crippen molar-refractivity contribution in [3.63, 3.8) is 0 Å². The molecule has 11 nitrogen and oxygen atoms in total. The van der Waals surface area contributed by atoms with Crippen LogP contribution in [0.25, 0.3) is 0 Å². The molecule has 4 N–H and O–H groups in total. The van der Waals surface area contributed by atoms with Crippen LogP contribution in [-0.4, -0.2) is 62.4 Å². The number of nitrogens with two attached hydrogens (primary N) is 1. The van der Waals surface area contributed by atoms with Gasteiger partial charge in [-0.1, -0.05) is 81.7 Å². The van der Waals surface area contributed by atoms with Gasteiger partial charge in [0.15, 0.2) is 16.9 Å². The summed E-state index contributed by atoms with van der Waals surface area (Å²) >= 11 is 5.85. The molecule has 6 rings (SSSR count). The van der Waals surface area contributed by atoms with E-state index in [1.54, 1.807) is 12.1 Å². The maximum Gasteiger partial charge on any atom is 0.356 e. The summed E-state index contributed by atoms with van der Waals surface area (Å²) < 4.78 is 13.1. The second kappa shape index (κ2) is 13.8. The van der Waals surface area contributed by atoms with E-state index in [-0.39, 0.29) is 28.8 Å². The first-order valence-electron chi connectivity index (χ1n) is 13.9. The summed E-state index contributed by atoms with van der Waals surface area (Å²) in [5, 5.41) is 16.3. The van der Waals surface area contributed by atoms with E-state index in [9.17, 15) is 19.6 Å². The Hall–Kier alpha value is -4.66. The van der Waals surface area contributed by atoms with Gasteiger partial charge in [-0.3, -0.25) is 14.5 Å². The number of amides is 2. The number of aromatic nitrogens is 1. The Morgan fingerprint density at radius 2 is 1.72 bits per heavy atom. The lowest BCUT2D eigenvalue weighted by Crippen LogP contribution is -2.71. The quantitative estimate of drug-likeness (QED) is 0.0693. The number of fused-ring (bicyclic) bond motifs is 1. The van der Waals surface area contributed by atoms with Gasteiger partial charge in [-0.05, 0) is 35.4 Å². The molecule has 0 saturated carbocycles. The molecule has 2 aliphatic heterocycles. The van der Waals surface area contributed by atoms with Crippen LogP contribution in [0.5, 0.6) is 5.75 Å². The van der Waals surface area contributed by atoms with E-state index in [0.717, 1.165) is 26.9 Å². The van der Waals surface area contributed by atoms with Gasteiger partial charge in [0.1, 0.15) is 35.2 Å². The maximum absolute atomic E-state index is 14.1. The first-order valence-corrected chi connectivity index (χ1v) is 16.7. The van der Waals surface area contributed by atoms with Crippen molar-refractivity contribution in [2.75, 3.05) is 18.1 Å². The third-order valence-electron chi connectivity index (χ3n) is 7.26. The smallest absolute Gasteiger partial charge is 0.356 e. The molecule has 2 atom stereocenters. The maximum atomic E-state index is 14.1. The second-order valence-corrected chi connectivity index (χ2v) is 13.1. The lowest BCUT2D eigenvalue weighted by atomic mass is 10.0. The molecule has 2 aliphatic rings. The van der Waals surface area contributed by atoms with Crippen LogP contribution in [0.1, 0.15) is 22.9 Å². The van der Waals surface area contributed by atoms with Crippen LogP contribution in [-0.2, 0) is 19.1 Å². The van der Waals surface area contributed by atoms with E-state index in [4.69, 9.17) is 15.2 Å². The number of rotatable bonds is 10. The van der Waals surface area contributed by atoms with E-state index in [0.29, 0.717) is 17.1 Å². The van der Waals surface area contributed by atoms with Crippen LogP contribution in [0.15, 0.2) is 111 Å². The number of hydrogen-bond acceptors (Lipinski definition) is 11. The third-order valence-corrected chi connectivity index (χ3v) is 9.81. The zero-order valence-electron chi connectivity index (χ0n) is 23.9. The van der Waals surface area contributed by atoms with E-state index in [1.165, 1.54) is 22.0 Å². The van der Waals surface area contributed by atoms with Crippen molar-refractivity contribution < 1.29 is 29.1 Å². The van der Waals surface area contributed by atoms with Crippen molar-refractivity contribution in [3.8, 4) is 5.75 Å². The standard InChI is InChI=1S/C32H26BrN5O6S2/c33-21-11-13-22(14-12-21)43-15-20-16-45-30-25(36-28(39)24(37-42)23-17-46-32(34)35-23)29(40)38(30)26(20)31(41)44-27(18-7-3-1-4-8-18)19-9-5-2-6-10-19/h1-14,17,25,27,30,42H,15-16H2,(H2,34,35)(H,36,39)/b37-24-/t25?,30-/m1/s1. The number of halogens is 1. The Balaban J connectivity index is 1.28. The van der Waals surface area contributed by atoms with E-state index >= 15 is 0 Å². The summed E-state index contributed by atoms with van der Waals surface area (Å²) in [6.45, 7) is 0.0283. The molecule has 0 spiro atoms. The number of β-lactam (4-membered cyclic amide) rings is 1. The molecule has 14 heteroatoms. The number of thioether (sulfide) groups is 1. The summed E-state index contributed by atoms with van der Waals surface area (Å²) in [7, 11) is 0. The normalized spacial score (nSPS) is 17.7. The Kier molecular flexibility index (Phi) is 9.38. The van der Waals surface area contributed by atoms with Gasteiger partial charge in [0.25, 0.3) is 11.8 Å². The molecule has 2 amide bonds. The summed E-state index contributed by atoms with van der Waals surface area (Å²) in [5.41, 5.74) is 7.50. The Labute approximate surface area is 280 Å². The molecular weight excluding hydrogens is 694 g/mol. The summed E-state index contributed by atoms with van der Waals surface area (Å²) in [5.74, 6) is -1.12. The minimum Gasteiger partial charge on any atom is -0.489 e. The molecule has 3 aromatic carbocycles. The predicted molar refractivity (Wildman–Crippen MR) is 177 cm³/mol. The molecule has 46 heavy (non-hydrogen) atoms. The number of nitrogens with zero attached hydrogens (tertiary/aromatic N) is 3. The molecule has 234 valence electrons. The van der Waals surface area contributed by atoms with E-state index < -0.39 is 35.3 Å². The Bertz CT molecular complexity index is 1780. The van der Waals surface area contributed by atoms with E-state index in [2.05, 4.69) is 31.4 Å². The molecule has 0 bridgehead atoms. The summed E-state index contributed by atoms with van der Waals surface area (Å²) in [4.78, 5) is 46.1. The molecule has 0 aliphatic carbocycles. The van der Waals surface area contributed by atoms with E-state index in [1.807, 2.05) is 72.8 Å². The van der Waals surface area contributed by atoms with Gasteiger partial charge in [0.05, 0.1) is 0 Å². The van der Waals surface area contributed by atoms with Crippen LogP contribution >= 0.6 is 39.0 Å². The highest BCUT2D eigenvalue weighted by molar-refractivity contribution is 9.10. The van der Waals surface area contributed by atoms with Crippen molar-refractivity contribution in [3.05, 3.63) is 123 Å². The third kappa shape index (κ3) is 6.50. The minimum atomic E-state index is -0.999. The molecule has 1 fully saturated rings. The number of ether oxygens (including phenoxy) is 2. The fourth-order valence-corrected chi connectivity index (χ4v) is 7.19. The summed E-state index contributed by atoms with van der Waals surface area (Å²) in [6, 6.07) is 24.9. The van der Waals surface area contributed by atoms with Crippen molar-refractivity contribution in [1.82, 2.24) is 15.2 Å². The Morgan fingerprint density at radius 3 is 2.30 bits per heavy atom. The van der Waals surface area contributed by atoms with Crippen molar-refractivity contribution in [2.45, 2.75) is 17.5 Å². The molecule has 1 aromatic heterocycles. The van der Waals surface area contributed by atoms with Gasteiger partial charge in [-0.2, -0.15) is 0 Å². The molecule has 1 unspecified atom stereocenters. The Morgan fingerprint density at radius 1 is 1.07 bits per heavy atom. The van der Waals surface area contributed by atoms with Crippen LogP contribution in [0.4, 0.5) is 5.13 Å². The minimum absolute atomic E-state index is 0.0283. The van der Waals surface area contributed by atoms with Gasteiger partial charge >= 0.3 is 5.97 Å². The van der Waals surface area contributed by atoms with Gasteiger partial charge < -0.3 is 25.7 Å². The van der Waals surface area contributed by atoms with Gasteiger partial charge in [0.2, 0.25) is 0 Å². The van der Waals surface area contributed by atoms with Gasteiger partial charge in [-0.25, -0.2) is 9.78 Å². The largest absolute Gasteiger partial charge is 0.489 e. The van der Waals surface area contributed by atoms with Crippen LogP contribution in [0.3, 0.4) is 0 Å². The SMILES string of the molecule is Nc1nc(/C(=N/O)C(=O)NC2C(=O)N3C(C(=O)OC(c4ccccc4)c4ccccc4)=C(COc4ccc(Br)cc4)CS[C@H]23)cs1. The highest BCUT2D eigenvalue weighted by atomic mass is 79.9. The van der Waals surface area contributed by atoms with Crippen molar-refractivity contribution in [2.24, 2.45) is 5.16 Å². The molecule has 4 aromatic rings. The average Bonchev–Trinajstić information content (AvgIpc) is 3.51. The first-order chi connectivity index (χ1) is 22.3. The molecule has 0 radical (unpaired) electrons. The molecule has 1 saturated heterocycles. The number of anilines is 1. The number of nitrogens with one attached hydrogen (secondary N) is 1. The fourth-order valence-electron chi connectivity index (χ4n) is 5.05. The number of carbonyl (C=O) groups is 3. The van der Waals surface area contributed by atoms with Crippen LogP contribution in [0, 0.1) is 0 Å². The summed E-state index contributed by atoms with van der Waals surface area (Å²) in [6.07, 6.45) is -0.746. The average molecular weight is 721 g/mol. The number of nitrogen functional groups attached to an aromatic ring is 1. The lowest BCUT2D eigenvalue weighted by Gasteiger charge is -2.49. The highest BCUT2D eigenvalue weighted by Gasteiger charge is 2.55. The van der Waals surface area contributed by atoms with Crippen molar-refractivity contribution >= 4 is 67.7 Å². The lowest BCUT2D eigenvalue weighted by molar-refractivity contribution is -0.154. The number of benzene rings is 3. The highest BCUT2D eigenvalue weighted by Crippen LogP contribution is 2.42. The van der Waals surface area contributed by atoms with Crippen LogP contribution in [0.2, 0.25) is 0 Å². The molecular formula is C32H26BrN5O6S2. The fraction of sp³-hybridized carbons (Fsp3) is 0.156. The topological polar surface area (TPSA) is 156 Å². The predicted octanol–water partition coefficient (Wildman–Crippen LogP) is 4.73. The zero-order valence-corrected chi connectivity index (χ0v) is 27.1.